The minimum atomic E-state index is 0. The molecule has 1 aliphatic heterocycles. The van der Waals surface area contributed by atoms with Crippen molar-refractivity contribution in [3.8, 4) is 0 Å². The topological polar surface area (TPSA) is 53.6 Å². The molecule has 4 nitrogen and oxygen atoms in total. The summed E-state index contributed by atoms with van der Waals surface area (Å²) in [5, 5.41) is 3.18. The maximum atomic E-state index is 5.97. The fraction of sp³-hybridized carbons (Fsp3) is 0.588. The Balaban J connectivity index is 0.00000242. The number of nitrogens with zero attached hydrogens (tertiary/aromatic N) is 2. The Hall–Kier alpha value is -0.820. The smallest absolute Gasteiger partial charge is 0.193 e. The highest BCUT2D eigenvalue weighted by Gasteiger charge is 2.08. The maximum Gasteiger partial charge on any atom is 0.193 e. The monoisotopic (exact) mass is 416 g/mol. The highest BCUT2D eigenvalue weighted by atomic mass is 127. The molecule has 1 aromatic carbocycles. The summed E-state index contributed by atoms with van der Waals surface area (Å²) >= 11 is 0. The first-order valence-electron chi connectivity index (χ1n) is 8.04. The second-order valence-electron chi connectivity index (χ2n) is 6.07. The number of hydrogen-bond acceptors (Lipinski definition) is 2. The van der Waals surface area contributed by atoms with Crippen molar-refractivity contribution in [2.24, 2.45) is 10.7 Å². The molecular formula is C17H29IN4. The minimum absolute atomic E-state index is 0. The number of halogens is 1. The van der Waals surface area contributed by atoms with Crippen LogP contribution in [0.4, 0.5) is 5.69 Å². The second kappa shape index (κ2) is 10.0. The molecule has 0 atom stereocenters. The van der Waals surface area contributed by atoms with E-state index in [1.54, 1.807) is 0 Å². The van der Waals surface area contributed by atoms with Crippen molar-refractivity contribution in [1.29, 1.82) is 0 Å². The summed E-state index contributed by atoms with van der Waals surface area (Å²) in [6.07, 6.45) is 4.01. The summed E-state index contributed by atoms with van der Waals surface area (Å²) in [5.74, 6) is 1.02. The van der Waals surface area contributed by atoms with Crippen molar-refractivity contribution >= 4 is 35.6 Å². The molecule has 1 aromatic rings. The third-order valence-corrected chi connectivity index (χ3v) is 3.97. The van der Waals surface area contributed by atoms with E-state index in [1.165, 1.54) is 37.9 Å². The molecule has 0 unspecified atom stereocenters. The van der Waals surface area contributed by atoms with Gasteiger partial charge in [-0.05, 0) is 49.5 Å². The lowest BCUT2D eigenvalue weighted by Crippen LogP contribution is -2.32. The van der Waals surface area contributed by atoms with Gasteiger partial charge < -0.3 is 16.0 Å². The number of nitrogens with one attached hydrogen (secondary N) is 1. The van der Waals surface area contributed by atoms with Crippen LogP contribution in [0.25, 0.3) is 0 Å². The van der Waals surface area contributed by atoms with Crippen LogP contribution in [-0.2, 0) is 0 Å². The molecule has 1 saturated heterocycles. The predicted octanol–water partition coefficient (Wildman–Crippen LogP) is 3.64. The fourth-order valence-corrected chi connectivity index (χ4v) is 2.66. The van der Waals surface area contributed by atoms with E-state index in [1.807, 2.05) is 6.07 Å². The fourth-order valence-electron chi connectivity index (χ4n) is 2.66. The molecule has 124 valence electrons. The Morgan fingerprint density at radius 3 is 2.68 bits per heavy atom. The van der Waals surface area contributed by atoms with E-state index in [2.05, 4.69) is 47.3 Å². The Labute approximate surface area is 151 Å². The van der Waals surface area contributed by atoms with Crippen molar-refractivity contribution in [2.45, 2.75) is 39.0 Å². The van der Waals surface area contributed by atoms with Crippen molar-refractivity contribution < 1.29 is 0 Å². The predicted molar refractivity (Wildman–Crippen MR) is 106 cm³/mol. The molecule has 5 heteroatoms. The summed E-state index contributed by atoms with van der Waals surface area (Å²) in [5.41, 5.74) is 8.29. The molecule has 1 aliphatic rings. The first kappa shape index (κ1) is 19.2. The maximum absolute atomic E-state index is 5.97. The Morgan fingerprint density at radius 1 is 1.27 bits per heavy atom. The van der Waals surface area contributed by atoms with E-state index in [0.717, 1.165) is 18.8 Å². The van der Waals surface area contributed by atoms with Gasteiger partial charge in [0.15, 0.2) is 5.96 Å². The Morgan fingerprint density at radius 2 is 2.00 bits per heavy atom. The van der Waals surface area contributed by atoms with Crippen LogP contribution in [-0.4, -0.2) is 37.0 Å². The minimum Gasteiger partial charge on any atom is -0.370 e. The van der Waals surface area contributed by atoms with E-state index in [4.69, 9.17) is 5.73 Å². The zero-order valence-corrected chi connectivity index (χ0v) is 16.0. The molecule has 2 rings (SSSR count). The quantitative estimate of drug-likeness (QED) is 0.438. The van der Waals surface area contributed by atoms with Crippen LogP contribution in [0.5, 0.6) is 0 Å². The Bertz CT molecular complexity index is 467. The molecule has 0 aromatic heterocycles. The molecule has 3 N–H and O–H groups in total. The van der Waals surface area contributed by atoms with Crippen LogP contribution in [0.15, 0.2) is 29.3 Å². The van der Waals surface area contributed by atoms with E-state index in [-0.39, 0.29) is 24.0 Å². The number of anilines is 1. The third-order valence-electron chi connectivity index (χ3n) is 3.97. The molecule has 1 fully saturated rings. The van der Waals surface area contributed by atoms with E-state index in [9.17, 15) is 0 Å². The van der Waals surface area contributed by atoms with Gasteiger partial charge in [0.25, 0.3) is 0 Å². The van der Waals surface area contributed by atoms with Crippen LogP contribution >= 0.6 is 24.0 Å². The molecule has 22 heavy (non-hydrogen) atoms. The number of benzene rings is 1. The van der Waals surface area contributed by atoms with Crippen molar-refractivity contribution in [1.82, 2.24) is 4.90 Å². The van der Waals surface area contributed by atoms with Gasteiger partial charge in [-0.1, -0.05) is 32.4 Å². The van der Waals surface area contributed by atoms with Crippen LogP contribution in [0.2, 0.25) is 0 Å². The Kier molecular flexibility index (Phi) is 8.78. The van der Waals surface area contributed by atoms with Gasteiger partial charge in [-0.25, -0.2) is 0 Å². The van der Waals surface area contributed by atoms with Gasteiger partial charge in [-0.3, -0.25) is 4.99 Å². The first-order valence-corrected chi connectivity index (χ1v) is 8.04. The van der Waals surface area contributed by atoms with Gasteiger partial charge >= 0.3 is 0 Å². The van der Waals surface area contributed by atoms with Gasteiger partial charge in [0.05, 0.1) is 6.54 Å². The summed E-state index contributed by atoms with van der Waals surface area (Å²) in [7, 11) is 0. The second-order valence-corrected chi connectivity index (χ2v) is 6.07. The van der Waals surface area contributed by atoms with Crippen LogP contribution < -0.4 is 11.1 Å². The lowest BCUT2D eigenvalue weighted by molar-refractivity contribution is 0.235. The SMILES string of the molecule is CC(C)c1cccc(NC(N)=NCCN2CCCCC2)c1.I. The standard InChI is InChI=1S/C17H28N4.HI/c1-14(2)15-7-6-8-16(13-15)20-17(18)19-9-12-21-10-4-3-5-11-21;/h6-8,13-14H,3-5,9-12H2,1-2H3,(H3,18,19,20);1H. The summed E-state index contributed by atoms with van der Waals surface area (Å²) in [4.78, 5) is 6.90. The molecular weight excluding hydrogens is 387 g/mol. The number of nitrogens with two attached hydrogens (primary N) is 1. The van der Waals surface area contributed by atoms with Crippen molar-refractivity contribution in [3.05, 3.63) is 29.8 Å². The normalized spacial score (nSPS) is 16.4. The van der Waals surface area contributed by atoms with Gasteiger partial charge in [0.2, 0.25) is 0 Å². The van der Waals surface area contributed by atoms with Crippen LogP contribution in [0.3, 0.4) is 0 Å². The number of guanidine groups is 1. The van der Waals surface area contributed by atoms with Gasteiger partial charge in [-0.2, -0.15) is 0 Å². The average molecular weight is 416 g/mol. The lowest BCUT2D eigenvalue weighted by atomic mass is 10.0. The number of rotatable bonds is 5. The average Bonchev–Trinajstić information content (AvgIpc) is 2.48. The van der Waals surface area contributed by atoms with Crippen LogP contribution in [0.1, 0.15) is 44.6 Å². The number of piperidine rings is 1. The molecule has 0 radical (unpaired) electrons. The molecule has 0 spiro atoms. The highest BCUT2D eigenvalue weighted by molar-refractivity contribution is 14.0. The zero-order valence-electron chi connectivity index (χ0n) is 13.7. The van der Waals surface area contributed by atoms with Crippen LogP contribution in [0, 0.1) is 0 Å². The number of hydrogen-bond donors (Lipinski definition) is 2. The van der Waals surface area contributed by atoms with Gasteiger partial charge in [0.1, 0.15) is 0 Å². The third kappa shape index (κ3) is 6.52. The first-order chi connectivity index (χ1) is 10.1. The zero-order chi connectivity index (χ0) is 15.1. The molecule has 0 amide bonds. The number of aliphatic imine (C=N–C) groups is 1. The summed E-state index contributed by atoms with van der Waals surface area (Å²) < 4.78 is 0. The highest BCUT2D eigenvalue weighted by Crippen LogP contribution is 2.18. The molecule has 1 heterocycles. The van der Waals surface area contributed by atoms with Crippen molar-refractivity contribution in [2.75, 3.05) is 31.5 Å². The summed E-state index contributed by atoms with van der Waals surface area (Å²) in [6, 6.07) is 8.36. The van der Waals surface area contributed by atoms with Gasteiger partial charge in [-0.15, -0.1) is 24.0 Å². The summed E-state index contributed by atoms with van der Waals surface area (Å²) in [6.45, 7) is 8.57. The largest absolute Gasteiger partial charge is 0.370 e. The van der Waals surface area contributed by atoms with E-state index < -0.39 is 0 Å². The van der Waals surface area contributed by atoms with E-state index in [0.29, 0.717) is 11.9 Å². The number of likely N-dealkylation sites (tertiary alicyclic amines) is 1. The van der Waals surface area contributed by atoms with Gasteiger partial charge in [0, 0.05) is 12.2 Å². The molecule has 0 saturated carbocycles. The molecule has 0 bridgehead atoms. The lowest BCUT2D eigenvalue weighted by Gasteiger charge is -2.25. The van der Waals surface area contributed by atoms with Crippen molar-refractivity contribution in [3.63, 3.8) is 0 Å². The molecule has 0 aliphatic carbocycles. The van der Waals surface area contributed by atoms with E-state index >= 15 is 0 Å².